The van der Waals surface area contributed by atoms with Crippen LogP contribution >= 0.6 is 35.7 Å². The molecule has 0 saturated heterocycles. The van der Waals surface area contributed by atoms with Crippen molar-refractivity contribution < 1.29 is 33.4 Å². The lowest BCUT2D eigenvalue weighted by atomic mass is 9.82. The number of thiocarbonyl (C=S) groups is 1. The molecule has 0 unspecified atom stereocenters. The predicted octanol–water partition coefficient (Wildman–Crippen LogP) is 6.10. The van der Waals surface area contributed by atoms with Gasteiger partial charge in [-0.3, -0.25) is 24.2 Å². The van der Waals surface area contributed by atoms with E-state index in [2.05, 4.69) is 0 Å². The maximum Gasteiger partial charge on any atom is 0.346 e. The Balaban J connectivity index is 1.50. The highest BCUT2D eigenvalue weighted by Gasteiger charge is 2.51. The summed E-state index contributed by atoms with van der Waals surface area (Å²) >= 11 is 8.29. The fourth-order valence-electron chi connectivity index (χ4n) is 6.09. The van der Waals surface area contributed by atoms with Gasteiger partial charge in [0.2, 0.25) is 0 Å². The Morgan fingerprint density at radius 3 is 1.90 bits per heavy atom. The Morgan fingerprint density at radius 1 is 0.812 bits per heavy atom. The third-order valence-corrected chi connectivity index (χ3v) is 11.7. The van der Waals surface area contributed by atoms with Crippen molar-refractivity contribution in [3.63, 3.8) is 0 Å². The maximum absolute atomic E-state index is 15.1. The molecule has 6 rings (SSSR count). The predicted molar refractivity (Wildman–Crippen MR) is 189 cm³/mol. The largest absolute Gasteiger partial charge is 0.465 e. The number of nitrogens with zero attached hydrogens (tertiary/aromatic N) is 2. The lowest BCUT2D eigenvalue weighted by molar-refractivity contribution is -0.138. The Bertz CT molecular complexity index is 1940. The lowest BCUT2D eigenvalue weighted by Crippen LogP contribution is -2.62. The molecule has 0 N–H and O–H groups in total. The van der Waals surface area contributed by atoms with Crippen molar-refractivity contribution in [1.82, 2.24) is 4.90 Å². The molecular weight excluding hydrogens is 669 g/mol. The second-order valence-electron chi connectivity index (χ2n) is 11.8. The first-order chi connectivity index (χ1) is 22.9. The Hall–Kier alpha value is -4.52. The number of esters is 2. The number of ether oxygens (including phenoxy) is 2. The summed E-state index contributed by atoms with van der Waals surface area (Å²) in [6, 6.07) is 20.2. The average molecular weight is 699 g/mol. The number of thioether (sulfide) groups is 2. The molecule has 1 atom stereocenters. The fourth-order valence-corrected chi connectivity index (χ4v) is 9.13. The Kier molecular flexibility index (Phi) is 8.92. The van der Waals surface area contributed by atoms with Gasteiger partial charge >= 0.3 is 11.9 Å². The third-order valence-electron chi connectivity index (χ3n) is 8.46. The van der Waals surface area contributed by atoms with Crippen molar-refractivity contribution in [2.24, 2.45) is 0 Å². The summed E-state index contributed by atoms with van der Waals surface area (Å²) in [6.07, 6.45) is 0.0836. The van der Waals surface area contributed by atoms with Crippen molar-refractivity contribution in [2.45, 2.75) is 38.8 Å². The Labute approximate surface area is 291 Å². The molecule has 3 amide bonds. The summed E-state index contributed by atoms with van der Waals surface area (Å²) in [6.45, 7) is 5.51. The standard InChI is InChI=1S/C36H30N2O7S3/c1-19-15-16-24-23(17-19)26(35-47-27(33(42)44-4)28(48-35)34(43)45-5)29(46)36(2,3)38(24)32(41)25(18-20-11-7-6-8-12-20)37-30(39)21-13-9-10-14-22(21)31(37)40/h6-17,25H,18H2,1-5H3/t25-/m0/s1. The van der Waals surface area contributed by atoms with E-state index < -0.39 is 41.2 Å². The number of hydrogen-bond donors (Lipinski definition) is 0. The number of aryl methyl sites for hydroxylation is 1. The molecule has 3 heterocycles. The van der Waals surface area contributed by atoms with Crippen LogP contribution in [0.1, 0.15) is 51.3 Å². The maximum atomic E-state index is 15.1. The number of carbonyl (C=O) groups is 5. The van der Waals surface area contributed by atoms with Gasteiger partial charge in [-0.05, 0) is 50.6 Å². The van der Waals surface area contributed by atoms with Crippen LogP contribution in [0.3, 0.4) is 0 Å². The molecule has 0 aliphatic carbocycles. The molecule has 0 aromatic heterocycles. The normalized spacial score (nSPS) is 17.4. The molecule has 3 aliphatic heterocycles. The van der Waals surface area contributed by atoms with Gasteiger partial charge in [0.1, 0.15) is 15.9 Å². The summed E-state index contributed by atoms with van der Waals surface area (Å²) in [5.74, 6) is -2.93. The Morgan fingerprint density at radius 2 is 1.35 bits per heavy atom. The van der Waals surface area contributed by atoms with Gasteiger partial charge in [-0.2, -0.15) is 0 Å². The molecule has 0 saturated carbocycles. The van der Waals surface area contributed by atoms with Gasteiger partial charge in [0.15, 0.2) is 0 Å². The van der Waals surface area contributed by atoms with Crippen LogP contribution < -0.4 is 4.90 Å². The molecule has 0 radical (unpaired) electrons. The van der Waals surface area contributed by atoms with Crippen LogP contribution in [-0.2, 0) is 30.3 Å². The number of anilines is 1. The number of rotatable bonds is 6. The minimum absolute atomic E-state index is 0.0821. The van der Waals surface area contributed by atoms with Crippen LogP contribution in [0.5, 0.6) is 0 Å². The van der Waals surface area contributed by atoms with E-state index in [0.717, 1.165) is 39.6 Å². The topological polar surface area (TPSA) is 110 Å². The number of hydrogen-bond acceptors (Lipinski definition) is 10. The highest BCUT2D eigenvalue weighted by atomic mass is 32.2. The number of amides is 3. The van der Waals surface area contributed by atoms with E-state index in [1.165, 1.54) is 14.2 Å². The highest BCUT2D eigenvalue weighted by molar-refractivity contribution is 8.29. The number of imide groups is 1. The van der Waals surface area contributed by atoms with Crippen LogP contribution in [0.2, 0.25) is 0 Å². The van der Waals surface area contributed by atoms with Gasteiger partial charge in [-0.25, -0.2) is 9.59 Å². The van der Waals surface area contributed by atoms with Crippen LogP contribution in [0.25, 0.3) is 5.57 Å². The van der Waals surface area contributed by atoms with Gasteiger partial charge in [-0.1, -0.05) is 89.8 Å². The lowest BCUT2D eigenvalue weighted by Gasteiger charge is -2.47. The number of benzene rings is 3. The van der Waals surface area contributed by atoms with E-state index in [9.17, 15) is 19.2 Å². The van der Waals surface area contributed by atoms with Crippen molar-refractivity contribution >= 4 is 81.5 Å². The molecule has 0 bridgehead atoms. The van der Waals surface area contributed by atoms with Gasteiger partial charge in [-0.15, -0.1) is 0 Å². The quantitative estimate of drug-likeness (QED) is 0.130. The molecule has 48 heavy (non-hydrogen) atoms. The fraction of sp³-hybridized carbons (Fsp3) is 0.222. The SMILES string of the molecule is COC(=O)C1=C(C(=O)OC)SC(=C2C(=S)C(C)(C)N(C(=O)[C@H](Cc3ccccc3)N3C(=O)c4ccccc4C3=O)c3ccc(C)cc32)S1. The number of methoxy groups -OCH3 is 2. The van der Waals surface area contributed by atoms with Crippen LogP contribution in [0.15, 0.2) is 86.8 Å². The van der Waals surface area contributed by atoms with E-state index >= 15 is 4.79 Å². The summed E-state index contributed by atoms with van der Waals surface area (Å²) in [5.41, 5.74) is 2.69. The summed E-state index contributed by atoms with van der Waals surface area (Å²) in [4.78, 5) is 71.3. The zero-order valence-electron chi connectivity index (χ0n) is 26.7. The minimum atomic E-state index is -1.20. The van der Waals surface area contributed by atoms with E-state index in [0.29, 0.717) is 25.9 Å². The van der Waals surface area contributed by atoms with Crippen molar-refractivity contribution in [2.75, 3.05) is 19.1 Å². The molecule has 0 spiro atoms. The zero-order chi connectivity index (χ0) is 34.5. The molecule has 3 aromatic carbocycles. The smallest absolute Gasteiger partial charge is 0.346 e. The van der Waals surface area contributed by atoms with Gasteiger partial charge in [0.25, 0.3) is 17.7 Å². The average Bonchev–Trinajstić information content (AvgIpc) is 3.63. The van der Waals surface area contributed by atoms with Gasteiger partial charge in [0, 0.05) is 17.6 Å². The van der Waals surface area contributed by atoms with E-state index in [4.69, 9.17) is 21.7 Å². The highest BCUT2D eigenvalue weighted by Crippen LogP contribution is 2.56. The molecular formula is C36H30N2O7S3. The van der Waals surface area contributed by atoms with Crippen LogP contribution in [0, 0.1) is 6.92 Å². The molecule has 0 fully saturated rings. The first-order valence-electron chi connectivity index (χ1n) is 14.9. The first kappa shape index (κ1) is 33.4. The first-order valence-corrected chi connectivity index (χ1v) is 17.0. The second-order valence-corrected chi connectivity index (χ2v) is 14.5. The molecule has 3 aliphatic rings. The minimum Gasteiger partial charge on any atom is -0.465 e. The summed E-state index contributed by atoms with van der Waals surface area (Å²) < 4.78 is 10.5. The number of fused-ring (bicyclic) bond motifs is 2. The monoisotopic (exact) mass is 698 g/mol. The number of carbonyl (C=O) groups excluding carboxylic acids is 5. The molecule has 12 heteroatoms. The third kappa shape index (κ3) is 5.47. The summed E-state index contributed by atoms with van der Waals surface area (Å²) in [5, 5.41) is 0. The van der Waals surface area contributed by atoms with E-state index in [1.54, 1.807) is 43.0 Å². The van der Waals surface area contributed by atoms with Crippen LogP contribution in [-0.4, -0.2) is 65.2 Å². The van der Waals surface area contributed by atoms with Gasteiger partial charge < -0.3 is 9.47 Å². The van der Waals surface area contributed by atoms with E-state index in [1.807, 2.05) is 55.5 Å². The van der Waals surface area contributed by atoms with Gasteiger partial charge in [0.05, 0.1) is 45.7 Å². The van der Waals surface area contributed by atoms with Crippen molar-refractivity contribution in [1.29, 1.82) is 0 Å². The zero-order valence-corrected chi connectivity index (χ0v) is 29.1. The molecule has 3 aromatic rings. The van der Waals surface area contributed by atoms with Crippen LogP contribution in [0.4, 0.5) is 5.69 Å². The van der Waals surface area contributed by atoms with Crippen molar-refractivity contribution in [3.8, 4) is 0 Å². The molecule has 244 valence electrons. The van der Waals surface area contributed by atoms with E-state index in [-0.39, 0.29) is 27.4 Å². The molecule has 9 nitrogen and oxygen atoms in total. The van der Waals surface area contributed by atoms with Crippen molar-refractivity contribution in [3.05, 3.63) is 115 Å². The summed E-state index contributed by atoms with van der Waals surface area (Å²) in [7, 11) is 2.47. The second kappa shape index (κ2) is 12.8.